The maximum Gasteiger partial charge on any atom is 0.191 e. The molecule has 28 heavy (non-hydrogen) atoms. The van der Waals surface area contributed by atoms with Gasteiger partial charge in [-0.25, -0.2) is 0 Å². The van der Waals surface area contributed by atoms with E-state index in [-0.39, 0.29) is 10.8 Å². The number of nitrogens with zero attached hydrogens (tertiary/aromatic N) is 1. The van der Waals surface area contributed by atoms with Crippen molar-refractivity contribution in [1.29, 1.82) is 0 Å². The van der Waals surface area contributed by atoms with Crippen LogP contribution >= 0.6 is 0 Å². The molecule has 1 aromatic rings. The normalized spacial score (nSPS) is 14.3. The fourth-order valence-corrected chi connectivity index (χ4v) is 3.36. The minimum Gasteiger partial charge on any atom is -0.490 e. The van der Waals surface area contributed by atoms with Gasteiger partial charge in [0, 0.05) is 27.8 Å². The Balaban J connectivity index is 2.85. The number of nitrogens with one attached hydrogen (secondary N) is 2. The predicted molar refractivity (Wildman–Crippen MR) is 119 cm³/mol. The Bertz CT molecular complexity index is 657. The van der Waals surface area contributed by atoms with Crippen LogP contribution in [0, 0.1) is 0 Å². The van der Waals surface area contributed by atoms with Crippen molar-refractivity contribution in [2.24, 2.45) is 4.99 Å². The van der Waals surface area contributed by atoms with Crippen molar-refractivity contribution in [3.05, 3.63) is 23.8 Å². The van der Waals surface area contributed by atoms with E-state index in [1.807, 2.05) is 59.7 Å². The van der Waals surface area contributed by atoms with Crippen molar-refractivity contribution < 1.29 is 13.7 Å². The monoisotopic (exact) mass is 411 g/mol. The van der Waals surface area contributed by atoms with E-state index in [1.54, 1.807) is 0 Å². The van der Waals surface area contributed by atoms with E-state index in [0.29, 0.717) is 31.5 Å². The summed E-state index contributed by atoms with van der Waals surface area (Å²) in [6.07, 6.45) is 0. The molecule has 0 saturated heterocycles. The topological polar surface area (TPSA) is 72.0 Å². The van der Waals surface area contributed by atoms with Gasteiger partial charge in [-0.2, -0.15) is 0 Å². The number of hydrogen-bond acceptors (Lipinski definition) is 4. The largest absolute Gasteiger partial charge is 0.490 e. The number of ether oxygens (including phenoxy) is 2. The summed E-state index contributed by atoms with van der Waals surface area (Å²) in [7, 11) is -0.910. The number of benzene rings is 1. The van der Waals surface area contributed by atoms with Crippen molar-refractivity contribution in [2.45, 2.75) is 59.3 Å². The van der Waals surface area contributed by atoms with Gasteiger partial charge in [0.05, 0.1) is 25.8 Å². The molecule has 2 N–H and O–H groups in total. The van der Waals surface area contributed by atoms with Gasteiger partial charge in [0.25, 0.3) is 0 Å². The van der Waals surface area contributed by atoms with Gasteiger partial charge in [-0.1, -0.05) is 6.07 Å². The molecule has 2 unspecified atom stereocenters. The molecule has 0 spiro atoms. The van der Waals surface area contributed by atoms with Crippen LogP contribution in [0.5, 0.6) is 11.5 Å². The van der Waals surface area contributed by atoms with Crippen LogP contribution in [-0.4, -0.2) is 47.0 Å². The summed E-state index contributed by atoms with van der Waals surface area (Å²) in [6, 6.07) is 6.01. The van der Waals surface area contributed by atoms with Crippen molar-refractivity contribution in [3.8, 4) is 11.5 Å². The molecule has 6 nitrogen and oxygen atoms in total. The molecular formula is C21H37N3O3S. The summed E-state index contributed by atoms with van der Waals surface area (Å²) < 4.78 is 23.4. The fraction of sp³-hybridized carbons (Fsp3) is 0.667. The Morgan fingerprint density at radius 3 is 2.36 bits per heavy atom. The van der Waals surface area contributed by atoms with Crippen LogP contribution in [0.3, 0.4) is 0 Å². The Labute approximate surface area is 173 Å². The second-order valence-electron chi connectivity index (χ2n) is 7.36. The highest BCUT2D eigenvalue weighted by molar-refractivity contribution is 7.86. The van der Waals surface area contributed by atoms with Crippen LogP contribution in [0.4, 0.5) is 0 Å². The first-order chi connectivity index (χ1) is 13.2. The van der Waals surface area contributed by atoms with Crippen molar-refractivity contribution in [1.82, 2.24) is 10.6 Å². The quantitative estimate of drug-likeness (QED) is 0.454. The molecule has 160 valence electrons. The molecule has 1 rings (SSSR count). The SMILES string of the molecule is CCNC(=NCCS(=O)C(C)(C)C)NC(C)c1ccc(OCC)c(OCC)c1. The Morgan fingerprint density at radius 1 is 1.14 bits per heavy atom. The second kappa shape index (κ2) is 11.9. The zero-order valence-corrected chi connectivity index (χ0v) is 19.2. The zero-order valence-electron chi connectivity index (χ0n) is 18.4. The summed E-state index contributed by atoms with van der Waals surface area (Å²) in [5.74, 6) is 2.77. The summed E-state index contributed by atoms with van der Waals surface area (Å²) >= 11 is 0. The van der Waals surface area contributed by atoms with E-state index < -0.39 is 10.8 Å². The van der Waals surface area contributed by atoms with Crippen molar-refractivity contribution >= 4 is 16.8 Å². The Hall–Kier alpha value is -1.76. The third-order valence-electron chi connectivity index (χ3n) is 3.99. The van der Waals surface area contributed by atoms with E-state index in [0.717, 1.165) is 23.6 Å². The molecule has 0 fully saturated rings. The molecular weight excluding hydrogens is 374 g/mol. The lowest BCUT2D eigenvalue weighted by atomic mass is 10.1. The molecule has 0 aromatic heterocycles. The number of guanidine groups is 1. The number of aliphatic imine (C=N–C) groups is 1. The summed E-state index contributed by atoms with van der Waals surface area (Å²) in [4.78, 5) is 4.58. The van der Waals surface area contributed by atoms with Gasteiger partial charge in [0.15, 0.2) is 17.5 Å². The summed E-state index contributed by atoms with van der Waals surface area (Å²) in [6.45, 7) is 16.4. The first kappa shape index (κ1) is 24.3. The zero-order chi connectivity index (χ0) is 21.2. The predicted octanol–water partition coefficient (Wildman–Crippen LogP) is 3.65. The van der Waals surface area contributed by atoms with Gasteiger partial charge in [-0.15, -0.1) is 0 Å². The molecule has 0 aliphatic heterocycles. The molecule has 0 bridgehead atoms. The first-order valence-corrected chi connectivity index (χ1v) is 11.4. The van der Waals surface area contributed by atoms with Crippen LogP contribution in [-0.2, 0) is 10.8 Å². The van der Waals surface area contributed by atoms with E-state index in [4.69, 9.17) is 9.47 Å². The standard InChI is InChI=1S/C21H37N3O3S/c1-8-22-20(23-13-14-28(25)21(5,6)7)24-16(4)17-11-12-18(26-9-2)19(15-17)27-10-3/h11-12,15-16H,8-10,13-14H2,1-7H3,(H2,22,23,24). The fourth-order valence-electron chi connectivity index (χ4n) is 2.49. The third kappa shape index (κ3) is 8.09. The molecule has 0 aliphatic carbocycles. The van der Waals surface area contributed by atoms with E-state index >= 15 is 0 Å². The molecule has 0 amide bonds. The maximum atomic E-state index is 12.2. The van der Waals surface area contributed by atoms with Gasteiger partial charge in [-0.3, -0.25) is 9.20 Å². The van der Waals surface area contributed by atoms with Crippen LogP contribution in [0.15, 0.2) is 23.2 Å². The van der Waals surface area contributed by atoms with Crippen molar-refractivity contribution in [2.75, 3.05) is 32.1 Å². The van der Waals surface area contributed by atoms with E-state index in [1.165, 1.54) is 0 Å². The molecule has 0 saturated carbocycles. The average molecular weight is 412 g/mol. The summed E-state index contributed by atoms with van der Waals surface area (Å²) in [5.41, 5.74) is 1.08. The van der Waals surface area contributed by atoms with Crippen molar-refractivity contribution in [3.63, 3.8) is 0 Å². The van der Waals surface area contributed by atoms with Crippen LogP contribution in [0.1, 0.15) is 60.1 Å². The second-order valence-corrected chi connectivity index (χ2v) is 9.68. The lowest BCUT2D eigenvalue weighted by Gasteiger charge is -2.20. The van der Waals surface area contributed by atoms with Crippen LogP contribution in [0.25, 0.3) is 0 Å². The third-order valence-corrected chi connectivity index (χ3v) is 5.91. The first-order valence-electron chi connectivity index (χ1n) is 10.1. The lowest BCUT2D eigenvalue weighted by Crippen LogP contribution is -2.39. The highest BCUT2D eigenvalue weighted by atomic mass is 32.2. The molecule has 0 radical (unpaired) electrons. The molecule has 0 heterocycles. The number of rotatable bonds is 10. The van der Waals surface area contributed by atoms with Crippen LogP contribution < -0.4 is 20.1 Å². The van der Waals surface area contributed by atoms with Gasteiger partial charge < -0.3 is 20.1 Å². The lowest BCUT2D eigenvalue weighted by molar-refractivity contribution is 0.287. The minimum absolute atomic E-state index is 0.0285. The molecule has 0 aliphatic rings. The Morgan fingerprint density at radius 2 is 1.79 bits per heavy atom. The average Bonchev–Trinajstić information content (AvgIpc) is 2.62. The molecule has 7 heteroatoms. The summed E-state index contributed by atoms with van der Waals surface area (Å²) in [5, 5.41) is 6.66. The maximum absolute atomic E-state index is 12.2. The van der Waals surface area contributed by atoms with E-state index in [9.17, 15) is 4.21 Å². The van der Waals surface area contributed by atoms with Gasteiger partial charge in [0.1, 0.15) is 0 Å². The smallest absolute Gasteiger partial charge is 0.191 e. The highest BCUT2D eigenvalue weighted by Crippen LogP contribution is 2.30. The molecule has 1 aromatic carbocycles. The highest BCUT2D eigenvalue weighted by Gasteiger charge is 2.18. The number of hydrogen-bond donors (Lipinski definition) is 2. The minimum atomic E-state index is -0.910. The van der Waals surface area contributed by atoms with Gasteiger partial charge in [-0.05, 0) is 66.2 Å². The van der Waals surface area contributed by atoms with Crippen LogP contribution in [0.2, 0.25) is 0 Å². The van der Waals surface area contributed by atoms with Gasteiger partial charge in [0.2, 0.25) is 0 Å². The molecule has 2 atom stereocenters. The van der Waals surface area contributed by atoms with E-state index in [2.05, 4.69) is 22.5 Å². The Kier molecular flexibility index (Phi) is 10.4. The van der Waals surface area contributed by atoms with Gasteiger partial charge >= 0.3 is 0 Å².